The first kappa shape index (κ1) is 32.7. The molecule has 0 saturated carbocycles. The van der Waals surface area contributed by atoms with Crippen LogP contribution in [0.3, 0.4) is 0 Å². The number of unbranched alkanes of at least 4 members (excludes halogenated alkanes) is 1. The van der Waals surface area contributed by atoms with Crippen molar-refractivity contribution in [2.24, 2.45) is 4.99 Å². The van der Waals surface area contributed by atoms with Crippen molar-refractivity contribution in [3.8, 4) is 0 Å². The number of benzene rings is 1. The summed E-state index contributed by atoms with van der Waals surface area (Å²) in [7, 11) is 1.89. The Labute approximate surface area is 237 Å². The van der Waals surface area contributed by atoms with Gasteiger partial charge in [0.15, 0.2) is 5.78 Å². The molecule has 0 aliphatic carbocycles. The Morgan fingerprint density at radius 1 is 1.23 bits per heavy atom. The fraction of sp³-hybridized carbons (Fsp3) is 0.367. The molecule has 216 valence electrons. The maximum Gasteiger partial charge on any atom is 0.416 e. The summed E-state index contributed by atoms with van der Waals surface area (Å²) in [6.45, 7) is 6.82. The predicted molar refractivity (Wildman–Crippen MR) is 156 cm³/mol. The molecule has 6 nitrogen and oxygen atoms in total. The van der Waals surface area contributed by atoms with Gasteiger partial charge in [0.1, 0.15) is 0 Å². The number of nitrogens with zero attached hydrogens (tertiary/aromatic N) is 2. The van der Waals surface area contributed by atoms with Crippen molar-refractivity contribution in [2.45, 2.75) is 66.2 Å². The van der Waals surface area contributed by atoms with Crippen LogP contribution in [-0.2, 0) is 30.4 Å². The predicted octanol–water partition coefficient (Wildman–Crippen LogP) is 7.31. The molecule has 3 rings (SSSR count). The molecular weight excluding hydrogens is 539 g/mol. The Morgan fingerprint density at radius 2 is 1.95 bits per heavy atom. The Kier molecular flexibility index (Phi) is 12.5. The molecule has 1 aliphatic heterocycles. The lowest BCUT2D eigenvalue weighted by atomic mass is 10.0. The number of carbonyl (C=O) groups excluding carboxylic acids is 2. The Balaban J connectivity index is 0.000000337. The third-order valence-corrected chi connectivity index (χ3v) is 7.29. The quantitative estimate of drug-likeness (QED) is 0.307. The first-order chi connectivity index (χ1) is 19.0. The minimum absolute atomic E-state index is 0.0479. The monoisotopic (exact) mass is 575 g/mol. The highest BCUT2D eigenvalue weighted by Gasteiger charge is 2.33. The number of anilines is 1. The third kappa shape index (κ3) is 8.76. The van der Waals surface area contributed by atoms with Crippen LogP contribution in [0.2, 0.25) is 0 Å². The first-order valence-corrected chi connectivity index (χ1v) is 13.9. The van der Waals surface area contributed by atoms with Crippen molar-refractivity contribution in [3.05, 3.63) is 86.5 Å². The molecule has 0 spiro atoms. The summed E-state index contributed by atoms with van der Waals surface area (Å²) in [5, 5.41) is 13.4. The SMILES string of the molecule is C/C=C\C(C(C)=O)=C1\C=NC=CN1C.CCCCc1c(C(=O)Nc2ccc(CO)c(C(F)(F)F)c2)csc1CC. The van der Waals surface area contributed by atoms with E-state index in [1.807, 2.05) is 38.1 Å². The van der Waals surface area contributed by atoms with Crippen molar-refractivity contribution in [3.63, 3.8) is 0 Å². The van der Waals surface area contributed by atoms with Crippen molar-refractivity contribution >= 4 is 34.9 Å². The van der Waals surface area contributed by atoms with Gasteiger partial charge in [-0.1, -0.05) is 38.5 Å². The topological polar surface area (TPSA) is 82.0 Å². The summed E-state index contributed by atoms with van der Waals surface area (Å²) in [4.78, 5) is 31.0. The van der Waals surface area contributed by atoms with E-state index in [1.165, 1.54) is 23.5 Å². The smallest absolute Gasteiger partial charge is 0.392 e. The molecule has 1 aromatic carbocycles. The fourth-order valence-electron chi connectivity index (χ4n) is 4.02. The van der Waals surface area contributed by atoms with Crippen LogP contribution in [0.1, 0.15) is 72.5 Å². The maximum absolute atomic E-state index is 13.1. The van der Waals surface area contributed by atoms with E-state index in [0.717, 1.165) is 47.9 Å². The minimum Gasteiger partial charge on any atom is -0.392 e. The number of alkyl halides is 3. The van der Waals surface area contributed by atoms with Gasteiger partial charge in [-0.05, 0) is 56.4 Å². The molecule has 1 aliphatic rings. The molecule has 2 N–H and O–H groups in total. The molecule has 40 heavy (non-hydrogen) atoms. The molecule has 0 unspecified atom stereocenters. The molecule has 2 aromatic rings. The van der Waals surface area contributed by atoms with Crippen LogP contribution in [0.5, 0.6) is 0 Å². The van der Waals surface area contributed by atoms with E-state index in [2.05, 4.69) is 17.2 Å². The number of hydrogen-bond donors (Lipinski definition) is 2. The average Bonchev–Trinajstić information content (AvgIpc) is 3.34. The van der Waals surface area contributed by atoms with Crippen LogP contribution >= 0.6 is 11.3 Å². The van der Waals surface area contributed by atoms with Crippen LogP contribution in [-0.4, -0.2) is 35.0 Å². The average molecular weight is 576 g/mol. The number of aliphatic hydroxyl groups is 1. The summed E-state index contributed by atoms with van der Waals surface area (Å²) < 4.78 is 39.3. The molecule has 1 amide bonds. The van der Waals surface area contributed by atoms with Crippen molar-refractivity contribution in [1.29, 1.82) is 0 Å². The number of hydrogen-bond acceptors (Lipinski definition) is 6. The number of carbonyl (C=O) groups is 2. The lowest BCUT2D eigenvalue weighted by Crippen LogP contribution is -2.17. The van der Waals surface area contributed by atoms with E-state index in [4.69, 9.17) is 5.11 Å². The Hall–Kier alpha value is -3.50. The van der Waals surface area contributed by atoms with Gasteiger partial charge in [-0.3, -0.25) is 14.6 Å². The van der Waals surface area contributed by atoms with Gasteiger partial charge in [0, 0.05) is 41.0 Å². The van der Waals surface area contributed by atoms with Gasteiger partial charge >= 0.3 is 6.18 Å². The second-order valence-corrected chi connectivity index (χ2v) is 10.00. The highest BCUT2D eigenvalue weighted by molar-refractivity contribution is 7.10. The van der Waals surface area contributed by atoms with Gasteiger partial charge in [0.2, 0.25) is 0 Å². The molecule has 1 aromatic heterocycles. The second kappa shape index (κ2) is 15.3. The fourth-order valence-corrected chi connectivity index (χ4v) is 5.05. The molecule has 0 radical (unpaired) electrons. The summed E-state index contributed by atoms with van der Waals surface area (Å²) >= 11 is 1.51. The zero-order chi connectivity index (χ0) is 29.9. The number of Topliss-reactive ketones (excluding diaryl/α,β-unsaturated/α-hetero) is 1. The molecule has 0 atom stereocenters. The first-order valence-electron chi connectivity index (χ1n) is 13.0. The van der Waals surface area contributed by atoms with E-state index in [-0.39, 0.29) is 17.0 Å². The van der Waals surface area contributed by atoms with E-state index in [1.54, 1.807) is 30.8 Å². The number of allylic oxidation sites excluding steroid dienone is 4. The molecule has 0 fully saturated rings. The van der Waals surface area contributed by atoms with Gasteiger partial charge in [-0.2, -0.15) is 13.2 Å². The normalized spacial score (nSPS) is 14.3. The van der Waals surface area contributed by atoms with Gasteiger partial charge < -0.3 is 15.3 Å². The number of nitrogens with one attached hydrogen (secondary N) is 1. The molecule has 0 saturated heterocycles. The lowest BCUT2D eigenvalue weighted by molar-refractivity contribution is -0.138. The number of aliphatic hydroxyl groups excluding tert-OH is 1. The van der Waals surface area contributed by atoms with E-state index in [9.17, 15) is 22.8 Å². The van der Waals surface area contributed by atoms with Gasteiger partial charge in [-0.25, -0.2) is 0 Å². The summed E-state index contributed by atoms with van der Waals surface area (Å²) in [6.07, 6.45) is 7.82. The number of aliphatic imine (C=N–C) groups is 1. The van der Waals surface area contributed by atoms with Crippen LogP contribution in [0.4, 0.5) is 18.9 Å². The summed E-state index contributed by atoms with van der Waals surface area (Å²) in [5.74, 6) is -0.358. The minimum atomic E-state index is -4.59. The number of ketones is 1. The molecule has 10 heteroatoms. The van der Waals surface area contributed by atoms with E-state index >= 15 is 0 Å². The third-order valence-electron chi connectivity index (χ3n) is 6.11. The zero-order valence-corrected chi connectivity index (χ0v) is 24.2. The van der Waals surface area contributed by atoms with Gasteiger partial charge in [-0.15, -0.1) is 11.3 Å². The highest BCUT2D eigenvalue weighted by Crippen LogP contribution is 2.34. The lowest BCUT2D eigenvalue weighted by Gasteiger charge is -2.19. The number of halogens is 3. The van der Waals surface area contributed by atoms with Crippen LogP contribution < -0.4 is 5.32 Å². The molecular formula is C30H36F3N3O3S. The van der Waals surface area contributed by atoms with Crippen molar-refractivity contribution in [2.75, 3.05) is 12.4 Å². The number of amides is 1. The highest BCUT2D eigenvalue weighted by atomic mass is 32.1. The van der Waals surface area contributed by atoms with Gasteiger partial charge in [0.25, 0.3) is 5.91 Å². The van der Waals surface area contributed by atoms with Gasteiger partial charge in [0.05, 0.1) is 29.6 Å². The van der Waals surface area contributed by atoms with Crippen LogP contribution in [0.25, 0.3) is 0 Å². The maximum atomic E-state index is 13.1. The van der Waals surface area contributed by atoms with E-state index in [0.29, 0.717) is 11.1 Å². The Bertz CT molecular complexity index is 1310. The van der Waals surface area contributed by atoms with Crippen LogP contribution in [0.15, 0.2) is 64.4 Å². The van der Waals surface area contributed by atoms with E-state index < -0.39 is 24.3 Å². The second-order valence-electron chi connectivity index (χ2n) is 9.03. The zero-order valence-electron chi connectivity index (χ0n) is 23.4. The standard InChI is InChI=1S/C19H22F3NO2S.C11H14N2O/c1-3-5-6-14-15(11-26-17(14)4-2)18(25)23-13-8-7-12(10-24)16(9-13)19(20,21)22;1-4-5-10(9(2)14)11-8-12-6-7-13(11)3/h7-9,11,24H,3-6,10H2,1-2H3,(H,23,25);4-8H,1-3H3/b;5-4-,11-10+. The summed E-state index contributed by atoms with van der Waals surface area (Å²) in [6, 6.07) is 3.42. The largest absolute Gasteiger partial charge is 0.416 e. The molecule has 2 heterocycles. The van der Waals surface area contributed by atoms with Crippen LogP contribution in [0, 0.1) is 0 Å². The Morgan fingerprint density at radius 3 is 2.50 bits per heavy atom. The number of thiophene rings is 1. The number of aryl methyl sites for hydroxylation is 1. The number of rotatable bonds is 9. The van der Waals surface area contributed by atoms with Crippen molar-refractivity contribution in [1.82, 2.24) is 4.90 Å². The van der Waals surface area contributed by atoms with Crippen molar-refractivity contribution < 1.29 is 27.9 Å². The summed E-state index contributed by atoms with van der Waals surface area (Å²) in [5.41, 5.74) is 1.93. The molecule has 0 bridgehead atoms.